The molecule has 1 atom stereocenters. The molecule has 0 fully saturated rings. The van der Waals surface area contributed by atoms with Crippen LogP contribution < -0.4 is 9.46 Å². The van der Waals surface area contributed by atoms with Crippen molar-refractivity contribution in [2.45, 2.75) is 17.9 Å². The number of furan rings is 1. The van der Waals surface area contributed by atoms with E-state index in [1.54, 1.807) is 19.2 Å². The van der Waals surface area contributed by atoms with Gasteiger partial charge in [-0.05, 0) is 44.3 Å². The molecule has 1 amide bonds. The fraction of sp³-hybridized carbons (Fsp3) is 0.312. The summed E-state index contributed by atoms with van der Waals surface area (Å²) in [4.78, 5) is 14.1. The molecule has 1 aromatic heterocycles. The highest BCUT2D eigenvalue weighted by atomic mass is 32.2. The van der Waals surface area contributed by atoms with Gasteiger partial charge in [-0.15, -0.1) is 0 Å². The van der Waals surface area contributed by atoms with Crippen LogP contribution in [-0.2, 0) is 10.0 Å². The number of carbonyl (C=O) groups is 1. The van der Waals surface area contributed by atoms with Crippen LogP contribution in [0.3, 0.4) is 0 Å². The molecule has 0 saturated heterocycles. The summed E-state index contributed by atoms with van der Waals surface area (Å²) in [6.07, 6.45) is 1.54. The van der Waals surface area contributed by atoms with Crippen molar-refractivity contribution in [1.29, 1.82) is 0 Å². The molecule has 7 nitrogen and oxygen atoms in total. The lowest BCUT2D eigenvalue weighted by atomic mass is 10.1. The minimum atomic E-state index is -3.75. The van der Waals surface area contributed by atoms with E-state index in [4.69, 9.17) is 9.15 Å². The van der Waals surface area contributed by atoms with Crippen molar-refractivity contribution in [3.05, 3.63) is 47.9 Å². The van der Waals surface area contributed by atoms with E-state index < -0.39 is 10.0 Å². The van der Waals surface area contributed by atoms with Crippen LogP contribution in [0.5, 0.6) is 5.75 Å². The molecule has 0 bridgehead atoms. The third-order valence-corrected chi connectivity index (χ3v) is 5.26. The Balaban J connectivity index is 2.38. The number of ether oxygens (including phenoxy) is 1. The zero-order valence-electron chi connectivity index (χ0n) is 13.9. The van der Waals surface area contributed by atoms with Crippen molar-refractivity contribution in [1.82, 2.24) is 9.62 Å². The minimum Gasteiger partial charge on any atom is -0.495 e. The Kier molecular flexibility index (Phi) is 5.30. The van der Waals surface area contributed by atoms with E-state index in [0.717, 1.165) is 0 Å². The first-order chi connectivity index (χ1) is 11.3. The highest BCUT2D eigenvalue weighted by molar-refractivity contribution is 7.89. The van der Waals surface area contributed by atoms with Crippen molar-refractivity contribution in [3.63, 3.8) is 0 Å². The molecule has 8 heteroatoms. The van der Waals surface area contributed by atoms with Crippen LogP contribution in [0, 0.1) is 0 Å². The van der Waals surface area contributed by atoms with Gasteiger partial charge in [0.25, 0.3) is 5.91 Å². The molecule has 0 radical (unpaired) electrons. The average molecular weight is 352 g/mol. The van der Waals surface area contributed by atoms with Crippen LogP contribution in [0.15, 0.2) is 45.9 Å². The van der Waals surface area contributed by atoms with E-state index in [9.17, 15) is 13.2 Å². The Morgan fingerprint density at radius 1 is 1.33 bits per heavy atom. The SMILES string of the molecule is CNS(=O)(=O)c1cc(C(=O)N(C)C(C)c2ccco2)ccc1OC. The summed E-state index contributed by atoms with van der Waals surface area (Å²) in [5, 5.41) is 0. The number of carbonyl (C=O) groups excluding carboxylic acids is 1. The number of methoxy groups -OCH3 is 1. The van der Waals surface area contributed by atoms with E-state index in [0.29, 0.717) is 5.76 Å². The van der Waals surface area contributed by atoms with Crippen molar-refractivity contribution in [2.24, 2.45) is 0 Å². The maximum atomic E-state index is 12.7. The summed E-state index contributed by atoms with van der Waals surface area (Å²) in [6, 6.07) is 7.52. The van der Waals surface area contributed by atoms with Gasteiger partial charge in [-0.2, -0.15) is 0 Å². The second-order valence-electron chi connectivity index (χ2n) is 5.18. The number of nitrogens with zero attached hydrogens (tertiary/aromatic N) is 1. The van der Waals surface area contributed by atoms with E-state index in [2.05, 4.69) is 4.72 Å². The van der Waals surface area contributed by atoms with Crippen molar-refractivity contribution >= 4 is 15.9 Å². The monoisotopic (exact) mass is 352 g/mol. The van der Waals surface area contributed by atoms with Crippen LogP contribution in [0.4, 0.5) is 0 Å². The third kappa shape index (κ3) is 3.44. The molecule has 0 saturated carbocycles. The van der Waals surface area contributed by atoms with E-state index in [-0.39, 0.29) is 28.2 Å². The molecule has 0 aliphatic rings. The molecular formula is C16H20N2O5S. The Labute approximate surface area is 141 Å². The highest BCUT2D eigenvalue weighted by Gasteiger charge is 2.24. The Hall–Kier alpha value is -2.32. The first-order valence-electron chi connectivity index (χ1n) is 7.24. The van der Waals surface area contributed by atoms with E-state index in [1.165, 1.54) is 43.5 Å². The Morgan fingerprint density at radius 3 is 2.58 bits per heavy atom. The maximum Gasteiger partial charge on any atom is 0.254 e. The van der Waals surface area contributed by atoms with Gasteiger partial charge >= 0.3 is 0 Å². The summed E-state index contributed by atoms with van der Waals surface area (Å²) in [6.45, 7) is 1.82. The third-order valence-electron chi connectivity index (χ3n) is 3.83. The standard InChI is InChI=1S/C16H20N2O5S/c1-11(13-6-5-9-23-13)18(3)16(19)12-7-8-14(22-4)15(10-12)24(20,21)17-2/h5-11,17H,1-4H3. The lowest BCUT2D eigenvalue weighted by molar-refractivity contribution is 0.0726. The largest absolute Gasteiger partial charge is 0.495 e. The number of nitrogens with one attached hydrogen (secondary N) is 1. The van der Waals surface area contributed by atoms with Crippen molar-refractivity contribution < 1.29 is 22.4 Å². The summed E-state index contributed by atoms with van der Waals surface area (Å²) >= 11 is 0. The van der Waals surface area contributed by atoms with Gasteiger partial charge in [-0.25, -0.2) is 13.1 Å². The summed E-state index contributed by atoms with van der Waals surface area (Å²) in [7, 11) is 0.552. The zero-order chi connectivity index (χ0) is 17.9. The van der Waals surface area contributed by atoms with Gasteiger partial charge in [0.1, 0.15) is 16.4 Å². The number of hydrogen-bond acceptors (Lipinski definition) is 5. The van der Waals surface area contributed by atoms with E-state index in [1.807, 2.05) is 6.92 Å². The number of sulfonamides is 1. The summed E-state index contributed by atoms with van der Waals surface area (Å²) < 4.78 is 36.8. The second kappa shape index (κ2) is 7.06. The molecular weight excluding hydrogens is 332 g/mol. The smallest absolute Gasteiger partial charge is 0.254 e. The van der Waals surface area contributed by atoms with Crippen LogP contribution in [0.1, 0.15) is 29.1 Å². The number of hydrogen-bond donors (Lipinski definition) is 1. The fourth-order valence-corrected chi connectivity index (χ4v) is 3.15. The van der Waals surface area contributed by atoms with Gasteiger partial charge in [0.15, 0.2) is 0 Å². The molecule has 2 rings (SSSR count). The quantitative estimate of drug-likeness (QED) is 0.859. The minimum absolute atomic E-state index is 0.0857. The van der Waals surface area contributed by atoms with E-state index >= 15 is 0 Å². The van der Waals surface area contributed by atoms with Gasteiger partial charge < -0.3 is 14.1 Å². The Morgan fingerprint density at radius 2 is 2.04 bits per heavy atom. The number of amides is 1. The molecule has 1 N–H and O–H groups in total. The summed E-state index contributed by atoms with van der Waals surface area (Å²) in [5.74, 6) is 0.485. The molecule has 1 unspecified atom stereocenters. The van der Waals surface area contributed by atoms with Crippen LogP contribution in [0.2, 0.25) is 0 Å². The lowest BCUT2D eigenvalue weighted by Crippen LogP contribution is -2.30. The fourth-order valence-electron chi connectivity index (χ4n) is 2.23. The molecule has 0 aliphatic heterocycles. The molecule has 0 aliphatic carbocycles. The zero-order valence-corrected chi connectivity index (χ0v) is 14.8. The molecule has 1 aromatic carbocycles. The molecule has 0 spiro atoms. The first-order valence-corrected chi connectivity index (χ1v) is 8.72. The van der Waals surface area contributed by atoms with Gasteiger partial charge in [-0.1, -0.05) is 0 Å². The van der Waals surface area contributed by atoms with Crippen molar-refractivity contribution in [2.75, 3.05) is 21.2 Å². The van der Waals surface area contributed by atoms with Gasteiger partial charge in [0.05, 0.1) is 19.4 Å². The highest BCUT2D eigenvalue weighted by Crippen LogP contribution is 2.27. The topological polar surface area (TPSA) is 88.9 Å². The second-order valence-corrected chi connectivity index (χ2v) is 7.04. The maximum absolute atomic E-state index is 12.7. The van der Waals surface area contributed by atoms with Crippen LogP contribution >= 0.6 is 0 Å². The van der Waals surface area contributed by atoms with Crippen LogP contribution in [-0.4, -0.2) is 40.4 Å². The molecule has 1 heterocycles. The number of benzene rings is 1. The average Bonchev–Trinajstić information content (AvgIpc) is 3.13. The lowest BCUT2D eigenvalue weighted by Gasteiger charge is -2.23. The first kappa shape index (κ1) is 18.0. The predicted octanol–water partition coefficient (Wildman–Crippen LogP) is 2.03. The van der Waals surface area contributed by atoms with Crippen LogP contribution in [0.25, 0.3) is 0 Å². The summed E-state index contributed by atoms with van der Waals surface area (Å²) in [5.41, 5.74) is 0.241. The van der Waals surface area contributed by atoms with Gasteiger partial charge in [0.2, 0.25) is 10.0 Å². The predicted molar refractivity (Wildman–Crippen MR) is 88.5 cm³/mol. The molecule has 2 aromatic rings. The Bertz CT molecular complexity index is 815. The van der Waals surface area contributed by atoms with Gasteiger partial charge in [0, 0.05) is 12.6 Å². The molecule has 130 valence electrons. The molecule has 24 heavy (non-hydrogen) atoms. The normalized spacial score (nSPS) is 12.7. The number of rotatable bonds is 6. The van der Waals surface area contributed by atoms with Gasteiger partial charge in [-0.3, -0.25) is 4.79 Å². The van der Waals surface area contributed by atoms with Crippen molar-refractivity contribution in [3.8, 4) is 5.75 Å².